The topological polar surface area (TPSA) is 21.3 Å². The minimum atomic E-state index is 0.488. The molecule has 0 radical (unpaired) electrons. The summed E-state index contributed by atoms with van der Waals surface area (Å²) >= 11 is 12.2. The highest BCUT2D eigenvalue weighted by Gasteiger charge is 2.12. The fraction of sp³-hybridized carbons (Fsp3) is 0.143. The average Bonchev–Trinajstić information content (AvgIpc) is 2.38. The molecule has 4 heteroatoms. The molecule has 1 N–H and O–H groups in total. The molecule has 2 nitrogen and oxygen atoms in total. The second-order valence-corrected chi connectivity index (χ2v) is 4.57. The van der Waals surface area contributed by atoms with E-state index in [1.54, 1.807) is 6.07 Å². The normalized spacial score (nSPS) is 10.4. The van der Waals surface area contributed by atoms with E-state index in [1.807, 2.05) is 43.3 Å². The molecule has 94 valence electrons. The second kappa shape index (κ2) is 6.10. The van der Waals surface area contributed by atoms with Crippen molar-refractivity contribution in [3.05, 3.63) is 52.5 Å². The van der Waals surface area contributed by atoms with Crippen LogP contribution in [-0.2, 0) is 0 Å². The molecule has 0 aliphatic rings. The van der Waals surface area contributed by atoms with Crippen LogP contribution in [0.3, 0.4) is 0 Å². The van der Waals surface area contributed by atoms with Gasteiger partial charge in [-0.2, -0.15) is 5.48 Å². The summed E-state index contributed by atoms with van der Waals surface area (Å²) in [5.41, 5.74) is 4.69. The van der Waals surface area contributed by atoms with Gasteiger partial charge < -0.3 is 4.84 Å². The minimum Gasteiger partial charge on any atom is -0.407 e. The molecule has 0 fully saturated rings. The molecule has 18 heavy (non-hydrogen) atoms. The van der Waals surface area contributed by atoms with Crippen molar-refractivity contribution < 1.29 is 4.84 Å². The molecule has 0 aliphatic carbocycles. The van der Waals surface area contributed by atoms with E-state index in [0.717, 1.165) is 11.1 Å². The highest BCUT2D eigenvalue weighted by Crippen LogP contribution is 2.38. The van der Waals surface area contributed by atoms with Crippen LogP contribution in [0.15, 0.2) is 42.5 Å². The van der Waals surface area contributed by atoms with Crippen LogP contribution in [0.2, 0.25) is 10.0 Å². The zero-order valence-electron chi connectivity index (χ0n) is 9.91. The highest BCUT2D eigenvalue weighted by atomic mass is 35.5. The van der Waals surface area contributed by atoms with Crippen molar-refractivity contribution in [1.29, 1.82) is 0 Å². The largest absolute Gasteiger partial charge is 0.407 e. The van der Waals surface area contributed by atoms with Crippen LogP contribution >= 0.6 is 23.2 Å². The summed E-state index contributed by atoms with van der Waals surface area (Å²) in [6.07, 6.45) is 0. The zero-order valence-corrected chi connectivity index (χ0v) is 11.4. The summed E-state index contributed by atoms with van der Waals surface area (Å²) in [5, 5.41) is 1.07. The first-order chi connectivity index (χ1) is 8.72. The van der Waals surface area contributed by atoms with Gasteiger partial charge in [-0.25, -0.2) is 0 Å². The number of hydrogen-bond acceptors (Lipinski definition) is 2. The lowest BCUT2D eigenvalue weighted by molar-refractivity contribution is 0.203. The van der Waals surface area contributed by atoms with Gasteiger partial charge in [-0.05, 0) is 24.6 Å². The predicted molar refractivity (Wildman–Crippen MR) is 76.2 cm³/mol. The van der Waals surface area contributed by atoms with Crippen molar-refractivity contribution in [2.45, 2.75) is 6.92 Å². The third kappa shape index (κ3) is 2.96. The molecule has 0 spiro atoms. The lowest BCUT2D eigenvalue weighted by Crippen LogP contribution is -2.18. The summed E-state index contributed by atoms with van der Waals surface area (Å²) < 4.78 is 0. The van der Waals surface area contributed by atoms with E-state index in [9.17, 15) is 0 Å². The molecular weight excluding hydrogens is 269 g/mol. The van der Waals surface area contributed by atoms with Gasteiger partial charge in [0.05, 0.1) is 5.02 Å². The Labute approximate surface area is 116 Å². The van der Waals surface area contributed by atoms with Crippen LogP contribution < -0.4 is 10.3 Å². The highest BCUT2D eigenvalue weighted by molar-refractivity contribution is 6.36. The van der Waals surface area contributed by atoms with Crippen molar-refractivity contribution >= 4 is 23.2 Å². The van der Waals surface area contributed by atoms with Gasteiger partial charge in [0.25, 0.3) is 0 Å². The fourth-order valence-corrected chi connectivity index (χ4v) is 2.17. The molecule has 0 saturated carbocycles. The molecule has 0 aromatic heterocycles. The lowest BCUT2D eigenvalue weighted by atomic mass is 10.0. The van der Waals surface area contributed by atoms with E-state index in [4.69, 9.17) is 28.0 Å². The Morgan fingerprint density at radius 1 is 1.11 bits per heavy atom. The van der Waals surface area contributed by atoms with Gasteiger partial charge in [0.2, 0.25) is 0 Å². The summed E-state index contributed by atoms with van der Waals surface area (Å²) in [6, 6.07) is 13.4. The zero-order chi connectivity index (χ0) is 13.0. The first-order valence-electron chi connectivity index (χ1n) is 5.66. The number of halogens is 2. The van der Waals surface area contributed by atoms with E-state index in [2.05, 4.69) is 5.48 Å². The summed E-state index contributed by atoms with van der Waals surface area (Å²) in [4.78, 5) is 5.49. The monoisotopic (exact) mass is 281 g/mol. The second-order valence-electron chi connectivity index (χ2n) is 3.73. The van der Waals surface area contributed by atoms with Gasteiger partial charge in [-0.15, -0.1) is 0 Å². The van der Waals surface area contributed by atoms with Crippen LogP contribution in [-0.4, -0.2) is 6.54 Å². The quantitative estimate of drug-likeness (QED) is 0.830. The summed E-state index contributed by atoms with van der Waals surface area (Å²) in [7, 11) is 0. The van der Waals surface area contributed by atoms with Gasteiger partial charge >= 0.3 is 0 Å². The Morgan fingerprint density at radius 3 is 2.50 bits per heavy atom. The van der Waals surface area contributed by atoms with E-state index in [0.29, 0.717) is 22.3 Å². The van der Waals surface area contributed by atoms with Gasteiger partial charge in [0, 0.05) is 17.1 Å². The molecule has 0 aliphatic heterocycles. The summed E-state index contributed by atoms with van der Waals surface area (Å²) in [5.74, 6) is 0.592. The first kappa shape index (κ1) is 13.2. The van der Waals surface area contributed by atoms with Crippen molar-refractivity contribution in [3.63, 3.8) is 0 Å². The van der Waals surface area contributed by atoms with Crippen molar-refractivity contribution in [3.8, 4) is 16.9 Å². The van der Waals surface area contributed by atoms with Crippen molar-refractivity contribution in [1.82, 2.24) is 5.48 Å². The molecule has 0 heterocycles. The van der Waals surface area contributed by atoms with Crippen LogP contribution in [0, 0.1) is 0 Å². The third-order valence-corrected chi connectivity index (χ3v) is 2.91. The SMILES string of the molecule is CCNOc1c(Cl)cc(Cl)cc1-c1ccccc1. The van der Waals surface area contributed by atoms with Crippen LogP contribution in [0.1, 0.15) is 6.92 Å². The Bertz CT molecular complexity index is 529. The molecule has 2 rings (SSSR count). The number of hydroxylamine groups is 1. The average molecular weight is 282 g/mol. The molecule has 0 bridgehead atoms. The molecule has 0 saturated heterocycles. The lowest BCUT2D eigenvalue weighted by Gasteiger charge is -2.13. The maximum atomic E-state index is 6.17. The van der Waals surface area contributed by atoms with Gasteiger partial charge in [0.1, 0.15) is 0 Å². The van der Waals surface area contributed by atoms with Crippen LogP contribution in [0.5, 0.6) is 5.75 Å². The minimum absolute atomic E-state index is 0.488. The van der Waals surface area contributed by atoms with Crippen LogP contribution in [0.25, 0.3) is 11.1 Å². The first-order valence-corrected chi connectivity index (χ1v) is 6.42. The predicted octanol–water partition coefficient (Wildman–Crippen LogP) is 4.56. The van der Waals surface area contributed by atoms with Gasteiger partial charge in [0.15, 0.2) is 5.75 Å². The Hall–Kier alpha value is -1.22. The molecule has 2 aromatic rings. The van der Waals surface area contributed by atoms with Gasteiger partial charge in [-0.1, -0.05) is 53.5 Å². The molecule has 0 atom stereocenters. The van der Waals surface area contributed by atoms with Crippen molar-refractivity contribution in [2.75, 3.05) is 6.54 Å². The standard InChI is InChI=1S/C14H13Cl2NO/c1-2-17-18-14-12(8-11(15)9-13(14)16)10-6-4-3-5-7-10/h3-9,17H,2H2,1H3. The maximum absolute atomic E-state index is 6.17. The number of rotatable bonds is 4. The molecule has 0 unspecified atom stereocenters. The Morgan fingerprint density at radius 2 is 1.83 bits per heavy atom. The van der Waals surface area contributed by atoms with Gasteiger partial charge in [-0.3, -0.25) is 0 Å². The van der Waals surface area contributed by atoms with Crippen molar-refractivity contribution in [2.24, 2.45) is 0 Å². The molecular formula is C14H13Cl2NO. The fourth-order valence-electron chi connectivity index (χ4n) is 1.64. The maximum Gasteiger partial charge on any atom is 0.173 e. The number of nitrogens with one attached hydrogen (secondary N) is 1. The summed E-state index contributed by atoms with van der Waals surface area (Å²) in [6.45, 7) is 2.64. The van der Waals surface area contributed by atoms with E-state index < -0.39 is 0 Å². The number of hydrogen-bond donors (Lipinski definition) is 1. The molecule has 2 aromatic carbocycles. The van der Waals surface area contributed by atoms with E-state index in [1.165, 1.54) is 0 Å². The third-order valence-electron chi connectivity index (χ3n) is 2.41. The Kier molecular flexibility index (Phi) is 4.48. The van der Waals surface area contributed by atoms with E-state index in [-0.39, 0.29) is 0 Å². The Balaban J connectivity index is 2.50. The van der Waals surface area contributed by atoms with Crippen LogP contribution in [0.4, 0.5) is 0 Å². The van der Waals surface area contributed by atoms with E-state index >= 15 is 0 Å². The smallest absolute Gasteiger partial charge is 0.173 e. The number of benzene rings is 2. The molecule has 0 amide bonds.